The molecular formula is C35H43N3O3. The number of piperidine rings is 1. The average molecular weight is 554 g/mol. The van der Waals surface area contributed by atoms with E-state index < -0.39 is 0 Å². The SMILES string of the molecule is CCN(C(=O)OCc1ccccc1)C1CCN(CC2CC(N(C)C(=O)c3ccccc3)CC2c2ccccc2)CC1. The molecule has 0 N–H and O–H groups in total. The Hall–Kier alpha value is -3.64. The highest BCUT2D eigenvalue weighted by Gasteiger charge is 2.40. The van der Waals surface area contributed by atoms with Crippen molar-refractivity contribution in [2.75, 3.05) is 33.2 Å². The maximum absolute atomic E-state index is 13.3. The molecule has 1 saturated heterocycles. The number of carbonyl (C=O) groups excluding carboxylic acids is 2. The number of benzene rings is 3. The van der Waals surface area contributed by atoms with Crippen molar-refractivity contribution in [3.8, 4) is 0 Å². The number of carbonyl (C=O) groups is 2. The van der Waals surface area contributed by atoms with Crippen LogP contribution in [0.5, 0.6) is 0 Å². The zero-order valence-electron chi connectivity index (χ0n) is 24.4. The van der Waals surface area contributed by atoms with E-state index in [9.17, 15) is 9.59 Å². The molecule has 2 aliphatic rings. The molecule has 6 nitrogen and oxygen atoms in total. The second-order valence-corrected chi connectivity index (χ2v) is 11.5. The summed E-state index contributed by atoms with van der Waals surface area (Å²) in [5, 5.41) is 0. The second kappa shape index (κ2) is 13.8. The van der Waals surface area contributed by atoms with E-state index in [0.717, 1.165) is 56.4 Å². The lowest BCUT2D eigenvalue weighted by molar-refractivity contribution is 0.0595. The first-order chi connectivity index (χ1) is 20.0. The fourth-order valence-electron chi connectivity index (χ4n) is 6.76. The molecule has 41 heavy (non-hydrogen) atoms. The maximum Gasteiger partial charge on any atom is 0.410 e. The van der Waals surface area contributed by atoms with Crippen LogP contribution in [-0.2, 0) is 11.3 Å². The molecule has 3 aromatic carbocycles. The fraction of sp³-hybridized carbons (Fsp3) is 0.429. The van der Waals surface area contributed by atoms with Gasteiger partial charge in [-0.1, -0.05) is 78.9 Å². The van der Waals surface area contributed by atoms with Crippen LogP contribution in [0, 0.1) is 5.92 Å². The van der Waals surface area contributed by atoms with Crippen LogP contribution in [0.4, 0.5) is 4.79 Å². The topological polar surface area (TPSA) is 53.1 Å². The molecule has 1 saturated carbocycles. The molecule has 3 aromatic rings. The van der Waals surface area contributed by atoms with Gasteiger partial charge in [0.2, 0.25) is 0 Å². The molecule has 1 aliphatic heterocycles. The van der Waals surface area contributed by atoms with Gasteiger partial charge in [0.25, 0.3) is 5.91 Å². The van der Waals surface area contributed by atoms with Crippen LogP contribution in [0.3, 0.4) is 0 Å². The normalized spacial score (nSPS) is 21.4. The number of nitrogens with zero attached hydrogens (tertiary/aromatic N) is 3. The predicted molar refractivity (Wildman–Crippen MR) is 163 cm³/mol. The summed E-state index contributed by atoms with van der Waals surface area (Å²) >= 11 is 0. The number of hydrogen-bond acceptors (Lipinski definition) is 4. The molecule has 2 fully saturated rings. The highest BCUT2D eigenvalue weighted by atomic mass is 16.6. The average Bonchev–Trinajstić information content (AvgIpc) is 3.45. The summed E-state index contributed by atoms with van der Waals surface area (Å²) < 4.78 is 5.66. The van der Waals surface area contributed by atoms with Crippen molar-refractivity contribution in [3.05, 3.63) is 108 Å². The zero-order valence-corrected chi connectivity index (χ0v) is 24.4. The van der Waals surface area contributed by atoms with Gasteiger partial charge in [-0.15, -0.1) is 0 Å². The lowest BCUT2D eigenvalue weighted by Crippen LogP contribution is -2.48. The minimum atomic E-state index is -0.219. The highest BCUT2D eigenvalue weighted by Crippen LogP contribution is 2.42. The van der Waals surface area contributed by atoms with Crippen molar-refractivity contribution in [2.24, 2.45) is 5.92 Å². The van der Waals surface area contributed by atoms with Crippen LogP contribution in [-0.4, -0.2) is 72.0 Å². The lowest BCUT2D eigenvalue weighted by Gasteiger charge is -2.39. The molecule has 3 atom stereocenters. The van der Waals surface area contributed by atoms with Gasteiger partial charge in [0.15, 0.2) is 0 Å². The summed E-state index contributed by atoms with van der Waals surface area (Å²) in [6.45, 7) is 5.94. The third-order valence-corrected chi connectivity index (χ3v) is 9.06. The Labute approximate surface area is 244 Å². The molecule has 2 amide bonds. The van der Waals surface area contributed by atoms with Crippen LogP contribution in [0.15, 0.2) is 91.0 Å². The molecule has 1 aliphatic carbocycles. The number of amides is 2. The summed E-state index contributed by atoms with van der Waals surface area (Å²) in [7, 11) is 1.96. The third-order valence-electron chi connectivity index (χ3n) is 9.06. The van der Waals surface area contributed by atoms with E-state index in [4.69, 9.17) is 4.74 Å². The van der Waals surface area contributed by atoms with Crippen molar-refractivity contribution >= 4 is 12.0 Å². The first kappa shape index (κ1) is 28.9. The van der Waals surface area contributed by atoms with Crippen LogP contribution in [0.25, 0.3) is 0 Å². The van der Waals surface area contributed by atoms with E-state index in [1.165, 1.54) is 5.56 Å². The highest BCUT2D eigenvalue weighted by molar-refractivity contribution is 5.94. The van der Waals surface area contributed by atoms with Gasteiger partial charge in [0, 0.05) is 50.9 Å². The van der Waals surface area contributed by atoms with Gasteiger partial charge < -0.3 is 19.4 Å². The van der Waals surface area contributed by atoms with Crippen molar-refractivity contribution in [2.45, 2.75) is 57.2 Å². The van der Waals surface area contributed by atoms with Crippen molar-refractivity contribution < 1.29 is 14.3 Å². The maximum atomic E-state index is 13.3. The second-order valence-electron chi connectivity index (χ2n) is 11.5. The smallest absolute Gasteiger partial charge is 0.410 e. The van der Waals surface area contributed by atoms with E-state index >= 15 is 0 Å². The van der Waals surface area contributed by atoms with Gasteiger partial charge in [0.05, 0.1) is 0 Å². The van der Waals surface area contributed by atoms with Crippen LogP contribution >= 0.6 is 0 Å². The number of likely N-dealkylation sites (tertiary alicyclic amines) is 1. The first-order valence-electron chi connectivity index (χ1n) is 15.1. The number of rotatable bonds is 9. The van der Waals surface area contributed by atoms with Crippen molar-refractivity contribution in [1.82, 2.24) is 14.7 Å². The van der Waals surface area contributed by atoms with Gasteiger partial charge >= 0.3 is 6.09 Å². The molecule has 6 heteroatoms. The van der Waals surface area contributed by atoms with E-state index in [1.807, 2.05) is 84.4 Å². The van der Waals surface area contributed by atoms with E-state index in [1.54, 1.807) is 0 Å². The summed E-state index contributed by atoms with van der Waals surface area (Å²) in [6.07, 6.45) is 3.67. The van der Waals surface area contributed by atoms with Crippen molar-refractivity contribution in [3.63, 3.8) is 0 Å². The molecule has 0 radical (unpaired) electrons. The summed E-state index contributed by atoms with van der Waals surface area (Å²) in [4.78, 5) is 32.6. The fourth-order valence-corrected chi connectivity index (χ4v) is 6.76. The number of hydrogen-bond donors (Lipinski definition) is 0. The Balaban J connectivity index is 1.19. The lowest BCUT2D eigenvalue weighted by atomic mass is 9.88. The summed E-state index contributed by atoms with van der Waals surface area (Å²) in [6, 6.07) is 30.7. The summed E-state index contributed by atoms with van der Waals surface area (Å²) in [5.74, 6) is 0.996. The standard InChI is InChI=1S/C35H43N3O3/c1-3-38(35(40)41-26-27-13-7-4-8-14-27)31-19-21-37(22-20-31)25-30-23-32(24-33(30)28-15-9-5-10-16-28)36(2)34(39)29-17-11-6-12-18-29/h4-18,30-33H,3,19-26H2,1-2H3. The van der Waals surface area contributed by atoms with E-state index in [2.05, 4.69) is 35.2 Å². The quantitative estimate of drug-likeness (QED) is 0.306. The Morgan fingerprint density at radius 3 is 2.07 bits per heavy atom. The van der Waals surface area contributed by atoms with Crippen LogP contribution in [0.1, 0.15) is 60.0 Å². The van der Waals surface area contributed by atoms with Crippen molar-refractivity contribution in [1.29, 1.82) is 0 Å². The minimum absolute atomic E-state index is 0.0997. The molecule has 0 aromatic heterocycles. The van der Waals surface area contributed by atoms with Gasteiger partial charge in [-0.2, -0.15) is 0 Å². The molecule has 216 valence electrons. The Kier molecular flexibility index (Phi) is 9.73. The molecule has 0 spiro atoms. The Morgan fingerprint density at radius 2 is 1.44 bits per heavy atom. The largest absolute Gasteiger partial charge is 0.445 e. The van der Waals surface area contributed by atoms with Gasteiger partial charge in [0.1, 0.15) is 6.61 Å². The monoisotopic (exact) mass is 553 g/mol. The molecule has 0 bridgehead atoms. The minimum Gasteiger partial charge on any atom is -0.445 e. The van der Waals surface area contributed by atoms with Crippen LogP contribution < -0.4 is 0 Å². The van der Waals surface area contributed by atoms with Gasteiger partial charge in [-0.3, -0.25) is 4.79 Å². The number of ether oxygens (including phenoxy) is 1. The first-order valence-corrected chi connectivity index (χ1v) is 15.1. The van der Waals surface area contributed by atoms with Gasteiger partial charge in [-0.25, -0.2) is 4.79 Å². The molecule has 3 unspecified atom stereocenters. The summed E-state index contributed by atoms with van der Waals surface area (Å²) in [5.41, 5.74) is 3.12. The molecule has 1 heterocycles. The van der Waals surface area contributed by atoms with E-state index in [0.29, 0.717) is 25.0 Å². The van der Waals surface area contributed by atoms with Crippen LogP contribution in [0.2, 0.25) is 0 Å². The predicted octanol–water partition coefficient (Wildman–Crippen LogP) is 6.44. The zero-order chi connectivity index (χ0) is 28.6. The van der Waals surface area contributed by atoms with E-state index in [-0.39, 0.29) is 24.1 Å². The third kappa shape index (κ3) is 7.17. The molecule has 5 rings (SSSR count). The Bertz CT molecular complexity index is 1250. The Morgan fingerprint density at radius 1 is 0.829 bits per heavy atom. The molecular weight excluding hydrogens is 510 g/mol. The van der Waals surface area contributed by atoms with Gasteiger partial charge in [-0.05, 0) is 67.7 Å².